The molecule has 0 bridgehead atoms. The smallest absolute Gasteiger partial charge is 0.410 e. The monoisotopic (exact) mass is 338 g/mol. The Labute approximate surface area is 146 Å². The molecule has 0 aromatic rings. The zero-order valence-corrected chi connectivity index (χ0v) is 15.6. The van der Waals surface area contributed by atoms with E-state index in [2.05, 4.69) is 4.90 Å². The molecule has 3 aliphatic rings. The first kappa shape index (κ1) is 18.0. The number of carbonyl (C=O) groups excluding carboxylic acids is 1. The second-order valence-corrected chi connectivity index (χ2v) is 8.71. The molecule has 3 atom stereocenters. The fraction of sp³-hybridized carbons (Fsp3) is 0.947. The summed E-state index contributed by atoms with van der Waals surface area (Å²) in [4.78, 5) is 16.5. The van der Waals surface area contributed by atoms with Crippen molar-refractivity contribution in [3.63, 3.8) is 0 Å². The number of fused-ring (bicyclic) bond motifs is 1. The predicted molar refractivity (Wildman–Crippen MR) is 94.0 cm³/mol. The molecule has 138 valence electrons. The molecular weight excluding hydrogens is 304 g/mol. The summed E-state index contributed by atoms with van der Waals surface area (Å²) in [6.45, 7) is 12.9. The van der Waals surface area contributed by atoms with E-state index in [1.165, 1.54) is 38.9 Å². The third kappa shape index (κ3) is 4.85. The Balaban J connectivity index is 1.24. The van der Waals surface area contributed by atoms with Crippen molar-refractivity contribution in [3.8, 4) is 0 Å². The fourth-order valence-corrected chi connectivity index (χ4v) is 4.16. The van der Waals surface area contributed by atoms with E-state index in [1.54, 1.807) is 0 Å². The number of carbonyl (C=O) groups is 1. The highest BCUT2D eigenvalue weighted by Crippen LogP contribution is 2.51. The van der Waals surface area contributed by atoms with Crippen LogP contribution < -0.4 is 0 Å². The van der Waals surface area contributed by atoms with Gasteiger partial charge in [0.25, 0.3) is 0 Å². The molecule has 5 nitrogen and oxygen atoms in total. The van der Waals surface area contributed by atoms with Gasteiger partial charge in [-0.2, -0.15) is 0 Å². The van der Waals surface area contributed by atoms with Crippen molar-refractivity contribution in [2.75, 3.05) is 45.9 Å². The number of likely N-dealkylation sites (tertiary alicyclic amines) is 2. The number of ether oxygens (including phenoxy) is 2. The quantitative estimate of drug-likeness (QED) is 0.698. The van der Waals surface area contributed by atoms with E-state index in [4.69, 9.17) is 9.47 Å². The Morgan fingerprint density at radius 1 is 1.08 bits per heavy atom. The van der Waals surface area contributed by atoms with E-state index >= 15 is 0 Å². The maximum Gasteiger partial charge on any atom is 0.410 e. The Hall–Kier alpha value is -0.810. The lowest BCUT2D eigenvalue weighted by atomic mass is 10.1. The van der Waals surface area contributed by atoms with E-state index < -0.39 is 5.60 Å². The van der Waals surface area contributed by atoms with Crippen LogP contribution in [0.5, 0.6) is 0 Å². The molecule has 3 fully saturated rings. The van der Waals surface area contributed by atoms with Crippen LogP contribution in [0.1, 0.15) is 46.5 Å². The SMILES string of the molecule is CC(C)(C)OC(=O)N1C[C@@H]2[C@@H](COCCCN3CCCCC3)[C@@H]2C1. The maximum atomic E-state index is 12.1. The van der Waals surface area contributed by atoms with E-state index in [0.29, 0.717) is 17.8 Å². The van der Waals surface area contributed by atoms with Gasteiger partial charge < -0.3 is 19.3 Å². The lowest BCUT2D eigenvalue weighted by Gasteiger charge is -2.26. The summed E-state index contributed by atoms with van der Waals surface area (Å²) in [7, 11) is 0. The first-order chi connectivity index (χ1) is 11.4. The van der Waals surface area contributed by atoms with Crippen molar-refractivity contribution < 1.29 is 14.3 Å². The maximum absolute atomic E-state index is 12.1. The van der Waals surface area contributed by atoms with Crippen LogP contribution in [0.4, 0.5) is 4.79 Å². The van der Waals surface area contributed by atoms with Gasteiger partial charge in [-0.1, -0.05) is 6.42 Å². The van der Waals surface area contributed by atoms with Crippen molar-refractivity contribution in [2.24, 2.45) is 17.8 Å². The van der Waals surface area contributed by atoms with Gasteiger partial charge in [-0.05, 0) is 70.9 Å². The summed E-state index contributed by atoms with van der Waals surface area (Å²) < 4.78 is 11.3. The van der Waals surface area contributed by atoms with Crippen LogP contribution in [0, 0.1) is 17.8 Å². The molecule has 1 amide bonds. The minimum Gasteiger partial charge on any atom is -0.444 e. The number of nitrogens with zero attached hydrogens (tertiary/aromatic N) is 2. The van der Waals surface area contributed by atoms with Gasteiger partial charge in [0.2, 0.25) is 0 Å². The summed E-state index contributed by atoms with van der Waals surface area (Å²) in [5.74, 6) is 1.94. The van der Waals surface area contributed by atoms with Crippen LogP contribution in [0.25, 0.3) is 0 Å². The minimum atomic E-state index is -0.402. The Kier molecular flexibility index (Phi) is 5.70. The van der Waals surface area contributed by atoms with Crippen LogP contribution in [-0.4, -0.2) is 67.4 Å². The normalized spacial score (nSPS) is 30.3. The molecule has 24 heavy (non-hydrogen) atoms. The lowest BCUT2D eigenvalue weighted by molar-refractivity contribution is 0.0248. The first-order valence-corrected chi connectivity index (χ1v) is 9.72. The molecule has 2 aliphatic heterocycles. The summed E-state index contributed by atoms with van der Waals surface area (Å²) in [6, 6.07) is 0. The Morgan fingerprint density at radius 2 is 1.75 bits per heavy atom. The number of amides is 1. The molecule has 0 aromatic heterocycles. The standard InChI is InChI=1S/C19H34N2O3/c1-19(2,3)24-18(22)21-12-15-16(13-21)17(15)14-23-11-7-10-20-8-5-4-6-9-20/h15-17H,4-14H2,1-3H3/t15-,16+,17+. The van der Waals surface area contributed by atoms with Gasteiger partial charge >= 0.3 is 6.09 Å². The van der Waals surface area contributed by atoms with Crippen LogP contribution >= 0.6 is 0 Å². The number of piperidine rings is 2. The highest BCUT2D eigenvalue weighted by Gasteiger charge is 2.56. The van der Waals surface area contributed by atoms with Gasteiger partial charge in [0.05, 0.1) is 6.61 Å². The molecule has 3 rings (SSSR count). The Bertz CT molecular complexity index is 417. The van der Waals surface area contributed by atoms with Gasteiger partial charge in [-0.25, -0.2) is 4.79 Å². The van der Waals surface area contributed by atoms with Crippen molar-refractivity contribution >= 4 is 6.09 Å². The van der Waals surface area contributed by atoms with Gasteiger partial charge in [0.15, 0.2) is 0 Å². The summed E-state index contributed by atoms with van der Waals surface area (Å²) in [6.07, 6.45) is 5.11. The predicted octanol–water partition coefficient (Wildman–Crippen LogP) is 2.99. The van der Waals surface area contributed by atoms with Gasteiger partial charge in [-0.15, -0.1) is 0 Å². The van der Waals surface area contributed by atoms with Crippen LogP contribution in [0.15, 0.2) is 0 Å². The third-order valence-corrected chi connectivity index (χ3v) is 5.55. The van der Waals surface area contributed by atoms with Gasteiger partial charge in [0.1, 0.15) is 5.60 Å². The average molecular weight is 338 g/mol. The van der Waals surface area contributed by atoms with Crippen molar-refractivity contribution in [1.29, 1.82) is 0 Å². The van der Waals surface area contributed by atoms with Crippen molar-refractivity contribution in [3.05, 3.63) is 0 Å². The molecule has 0 aromatic carbocycles. The molecule has 1 saturated carbocycles. The second-order valence-electron chi connectivity index (χ2n) is 8.71. The van der Waals surface area contributed by atoms with Crippen molar-refractivity contribution in [1.82, 2.24) is 9.80 Å². The molecule has 2 heterocycles. The van der Waals surface area contributed by atoms with Crippen LogP contribution in [0.3, 0.4) is 0 Å². The largest absolute Gasteiger partial charge is 0.444 e. The highest BCUT2D eigenvalue weighted by atomic mass is 16.6. The fourth-order valence-electron chi connectivity index (χ4n) is 4.16. The Morgan fingerprint density at radius 3 is 2.38 bits per heavy atom. The molecule has 1 aliphatic carbocycles. The van der Waals surface area contributed by atoms with Crippen LogP contribution in [0.2, 0.25) is 0 Å². The van der Waals surface area contributed by atoms with E-state index in [0.717, 1.165) is 32.7 Å². The van der Waals surface area contributed by atoms with E-state index in [9.17, 15) is 4.79 Å². The van der Waals surface area contributed by atoms with Gasteiger partial charge in [0, 0.05) is 26.2 Å². The average Bonchev–Trinajstić information content (AvgIpc) is 2.97. The third-order valence-electron chi connectivity index (χ3n) is 5.55. The van der Waals surface area contributed by atoms with Gasteiger partial charge in [-0.3, -0.25) is 0 Å². The molecule has 0 unspecified atom stereocenters. The summed E-state index contributed by atoms with van der Waals surface area (Å²) in [5.41, 5.74) is -0.402. The minimum absolute atomic E-state index is 0.157. The highest BCUT2D eigenvalue weighted by molar-refractivity contribution is 5.68. The van der Waals surface area contributed by atoms with Crippen LogP contribution in [-0.2, 0) is 9.47 Å². The topological polar surface area (TPSA) is 42.0 Å². The zero-order chi connectivity index (χ0) is 17.2. The summed E-state index contributed by atoms with van der Waals surface area (Å²) in [5, 5.41) is 0. The van der Waals surface area contributed by atoms with Crippen molar-refractivity contribution in [2.45, 2.75) is 52.1 Å². The zero-order valence-electron chi connectivity index (χ0n) is 15.6. The first-order valence-electron chi connectivity index (χ1n) is 9.72. The lowest BCUT2D eigenvalue weighted by Crippen LogP contribution is -2.37. The number of hydrogen-bond donors (Lipinski definition) is 0. The van der Waals surface area contributed by atoms with E-state index in [-0.39, 0.29) is 6.09 Å². The molecule has 0 spiro atoms. The summed E-state index contributed by atoms with van der Waals surface area (Å²) >= 11 is 0. The molecule has 0 N–H and O–H groups in total. The number of hydrogen-bond acceptors (Lipinski definition) is 4. The molecule has 5 heteroatoms. The molecule has 2 saturated heterocycles. The number of rotatable bonds is 6. The second kappa shape index (κ2) is 7.61. The molecule has 0 radical (unpaired) electrons. The molecular formula is C19H34N2O3. The van der Waals surface area contributed by atoms with E-state index in [1.807, 2.05) is 25.7 Å².